The van der Waals surface area contributed by atoms with E-state index < -0.39 is 0 Å². The highest BCUT2D eigenvalue weighted by Gasteiger charge is 2.03. The van der Waals surface area contributed by atoms with Gasteiger partial charge >= 0.3 is 0 Å². The SMILES string of the molecule is Cc1cc(C)cc(CN(C)c2ccc(CN)cc2)c1. The maximum atomic E-state index is 5.62. The number of nitrogens with two attached hydrogens (primary N) is 1. The average Bonchev–Trinajstić information content (AvgIpc) is 2.37. The lowest BCUT2D eigenvalue weighted by Gasteiger charge is -2.20. The second-order valence-electron chi connectivity index (χ2n) is 5.22. The Morgan fingerprint density at radius 3 is 2.00 bits per heavy atom. The summed E-state index contributed by atoms with van der Waals surface area (Å²) in [5.41, 5.74) is 12.0. The van der Waals surface area contributed by atoms with E-state index >= 15 is 0 Å². The van der Waals surface area contributed by atoms with E-state index in [1.54, 1.807) is 0 Å². The van der Waals surface area contributed by atoms with Gasteiger partial charge in [0, 0.05) is 25.8 Å². The zero-order valence-corrected chi connectivity index (χ0v) is 12.0. The standard InChI is InChI=1S/C17H22N2/c1-13-8-14(2)10-16(9-13)12-19(3)17-6-4-15(11-18)5-7-17/h4-10H,11-12,18H2,1-3H3. The van der Waals surface area contributed by atoms with Crippen LogP contribution in [-0.4, -0.2) is 7.05 Å². The molecule has 0 bridgehead atoms. The van der Waals surface area contributed by atoms with Gasteiger partial charge in [0.1, 0.15) is 0 Å². The summed E-state index contributed by atoms with van der Waals surface area (Å²) in [5, 5.41) is 0. The molecule has 100 valence electrons. The van der Waals surface area contributed by atoms with Gasteiger partial charge in [-0.25, -0.2) is 0 Å². The zero-order chi connectivity index (χ0) is 13.8. The molecular weight excluding hydrogens is 232 g/mol. The molecule has 0 atom stereocenters. The van der Waals surface area contributed by atoms with Gasteiger partial charge in [0.15, 0.2) is 0 Å². The Morgan fingerprint density at radius 2 is 1.47 bits per heavy atom. The van der Waals surface area contributed by atoms with Gasteiger partial charge in [0.2, 0.25) is 0 Å². The summed E-state index contributed by atoms with van der Waals surface area (Å²) in [6, 6.07) is 15.1. The number of anilines is 1. The first-order valence-electron chi connectivity index (χ1n) is 6.66. The van der Waals surface area contributed by atoms with Crippen molar-refractivity contribution < 1.29 is 0 Å². The first-order chi connectivity index (χ1) is 9.08. The highest BCUT2D eigenvalue weighted by atomic mass is 15.1. The molecule has 2 aromatic carbocycles. The summed E-state index contributed by atoms with van der Waals surface area (Å²) in [6.45, 7) is 5.81. The molecule has 0 spiro atoms. The summed E-state index contributed by atoms with van der Waals surface area (Å²) >= 11 is 0. The zero-order valence-electron chi connectivity index (χ0n) is 12.0. The van der Waals surface area contributed by atoms with Crippen molar-refractivity contribution in [1.29, 1.82) is 0 Å². The molecule has 0 aromatic heterocycles. The van der Waals surface area contributed by atoms with Crippen LogP contribution in [0.5, 0.6) is 0 Å². The topological polar surface area (TPSA) is 29.3 Å². The van der Waals surface area contributed by atoms with Crippen molar-refractivity contribution in [2.45, 2.75) is 26.9 Å². The average molecular weight is 254 g/mol. The van der Waals surface area contributed by atoms with Gasteiger partial charge in [-0.15, -0.1) is 0 Å². The smallest absolute Gasteiger partial charge is 0.0426 e. The van der Waals surface area contributed by atoms with Crippen LogP contribution in [0.15, 0.2) is 42.5 Å². The van der Waals surface area contributed by atoms with Crippen LogP contribution in [0.4, 0.5) is 5.69 Å². The Kier molecular flexibility index (Phi) is 4.23. The predicted octanol–water partition coefficient (Wildman–Crippen LogP) is 3.40. The summed E-state index contributed by atoms with van der Waals surface area (Å²) in [7, 11) is 2.12. The third-order valence-corrected chi connectivity index (χ3v) is 3.31. The van der Waals surface area contributed by atoms with E-state index in [0.717, 1.165) is 6.54 Å². The minimum atomic E-state index is 0.598. The van der Waals surface area contributed by atoms with Gasteiger partial charge in [-0.2, -0.15) is 0 Å². The Morgan fingerprint density at radius 1 is 0.895 bits per heavy atom. The van der Waals surface area contributed by atoms with E-state index in [1.165, 1.54) is 27.9 Å². The normalized spacial score (nSPS) is 10.5. The minimum Gasteiger partial charge on any atom is -0.370 e. The molecule has 0 radical (unpaired) electrons. The van der Waals surface area contributed by atoms with Crippen LogP contribution in [0.25, 0.3) is 0 Å². The van der Waals surface area contributed by atoms with Crippen LogP contribution in [0.2, 0.25) is 0 Å². The van der Waals surface area contributed by atoms with E-state index in [2.05, 4.69) is 68.3 Å². The van der Waals surface area contributed by atoms with E-state index in [4.69, 9.17) is 5.73 Å². The molecule has 2 heteroatoms. The lowest BCUT2D eigenvalue weighted by Crippen LogP contribution is -2.16. The summed E-state index contributed by atoms with van der Waals surface area (Å²) in [5.74, 6) is 0. The van der Waals surface area contributed by atoms with Crippen LogP contribution >= 0.6 is 0 Å². The van der Waals surface area contributed by atoms with E-state index in [1.807, 2.05) is 0 Å². The lowest BCUT2D eigenvalue weighted by atomic mass is 10.1. The maximum Gasteiger partial charge on any atom is 0.0426 e. The Hall–Kier alpha value is -1.80. The number of hydrogen-bond donors (Lipinski definition) is 1. The van der Waals surface area contributed by atoms with E-state index in [0.29, 0.717) is 6.54 Å². The Labute approximate surface area is 115 Å². The van der Waals surface area contributed by atoms with Crippen LogP contribution in [-0.2, 0) is 13.1 Å². The minimum absolute atomic E-state index is 0.598. The maximum absolute atomic E-state index is 5.62. The molecule has 0 saturated carbocycles. The third kappa shape index (κ3) is 3.58. The van der Waals surface area contributed by atoms with Crippen LogP contribution < -0.4 is 10.6 Å². The van der Waals surface area contributed by atoms with Gasteiger partial charge in [-0.1, -0.05) is 41.5 Å². The summed E-state index contributed by atoms with van der Waals surface area (Å²) in [4.78, 5) is 2.26. The van der Waals surface area contributed by atoms with Crippen molar-refractivity contribution in [3.63, 3.8) is 0 Å². The Balaban J connectivity index is 2.13. The fourth-order valence-corrected chi connectivity index (χ4v) is 2.41. The molecule has 0 unspecified atom stereocenters. The number of hydrogen-bond acceptors (Lipinski definition) is 2. The molecule has 0 amide bonds. The monoisotopic (exact) mass is 254 g/mol. The van der Waals surface area contributed by atoms with Gasteiger partial charge in [0.25, 0.3) is 0 Å². The van der Waals surface area contributed by atoms with Crippen LogP contribution in [0, 0.1) is 13.8 Å². The number of rotatable bonds is 4. The van der Waals surface area contributed by atoms with Crippen molar-refractivity contribution in [2.24, 2.45) is 5.73 Å². The van der Waals surface area contributed by atoms with E-state index in [9.17, 15) is 0 Å². The molecule has 2 nitrogen and oxygen atoms in total. The highest BCUT2D eigenvalue weighted by Crippen LogP contribution is 2.17. The molecule has 0 aliphatic carbocycles. The molecule has 0 aliphatic rings. The van der Waals surface area contributed by atoms with Crippen molar-refractivity contribution in [3.05, 3.63) is 64.7 Å². The largest absolute Gasteiger partial charge is 0.370 e. The molecule has 0 saturated heterocycles. The summed E-state index contributed by atoms with van der Waals surface area (Å²) in [6.07, 6.45) is 0. The number of benzene rings is 2. The van der Waals surface area contributed by atoms with Crippen molar-refractivity contribution in [1.82, 2.24) is 0 Å². The Bertz CT molecular complexity index is 523. The molecule has 2 aromatic rings. The molecule has 0 heterocycles. The summed E-state index contributed by atoms with van der Waals surface area (Å²) < 4.78 is 0. The number of nitrogens with zero attached hydrogens (tertiary/aromatic N) is 1. The van der Waals surface area contributed by atoms with Gasteiger partial charge < -0.3 is 10.6 Å². The van der Waals surface area contributed by atoms with Gasteiger partial charge in [-0.05, 0) is 37.1 Å². The molecule has 2 rings (SSSR count). The molecule has 19 heavy (non-hydrogen) atoms. The lowest BCUT2D eigenvalue weighted by molar-refractivity contribution is 0.918. The van der Waals surface area contributed by atoms with E-state index in [-0.39, 0.29) is 0 Å². The quantitative estimate of drug-likeness (QED) is 0.906. The van der Waals surface area contributed by atoms with Crippen molar-refractivity contribution in [2.75, 3.05) is 11.9 Å². The van der Waals surface area contributed by atoms with Gasteiger partial charge in [0.05, 0.1) is 0 Å². The fourth-order valence-electron chi connectivity index (χ4n) is 2.41. The van der Waals surface area contributed by atoms with Crippen molar-refractivity contribution >= 4 is 5.69 Å². The molecule has 2 N–H and O–H groups in total. The number of aryl methyl sites for hydroxylation is 2. The predicted molar refractivity (Wildman–Crippen MR) is 82.4 cm³/mol. The second kappa shape index (κ2) is 5.89. The highest BCUT2D eigenvalue weighted by molar-refractivity contribution is 5.47. The molecule has 0 aliphatic heterocycles. The molecular formula is C17H22N2. The first kappa shape index (κ1) is 13.6. The fraction of sp³-hybridized carbons (Fsp3) is 0.294. The van der Waals surface area contributed by atoms with Gasteiger partial charge in [-0.3, -0.25) is 0 Å². The van der Waals surface area contributed by atoms with Crippen molar-refractivity contribution in [3.8, 4) is 0 Å². The first-order valence-corrected chi connectivity index (χ1v) is 6.66. The van der Waals surface area contributed by atoms with Crippen LogP contribution in [0.3, 0.4) is 0 Å². The molecule has 0 fully saturated rings. The third-order valence-electron chi connectivity index (χ3n) is 3.31. The second-order valence-corrected chi connectivity index (χ2v) is 5.22. The van der Waals surface area contributed by atoms with Crippen LogP contribution in [0.1, 0.15) is 22.3 Å².